The van der Waals surface area contributed by atoms with E-state index in [0.29, 0.717) is 18.4 Å². The van der Waals surface area contributed by atoms with E-state index in [1.807, 2.05) is 0 Å². The highest BCUT2D eigenvalue weighted by molar-refractivity contribution is 5.97. The third-order valence-corrected chi connectivity index (χ3v) is 6.30. The lowest BCUT2D eigenvalue weighted by Gasteiger charge is -2.32. The van der Waals surface area contributed by atoms with Gasteiger partial charge in [-0.05, 0) is 45.6 Å². The Balaban J connectivity index is 1.82. The van der Waals surface area contributed by atoms with Crippen molar-refractivity contribution in [3.05, 3.63) is 60.2 Å². The molecule has 0 aliphatic carbocycles. The Morgan fingerprint density at radius 2 is 1.83 bits per heavy atom. The maximum absolute atomic E-state index is 13.5. The minimum atomic E-state index is -1.76. The van der Waals surface area contributed by atoms with E-state index in [-0.39, 0.29) is 18.7 Å². The number of likely N-dealkylation sites (tertiary alicyclic amines) is 1. The van der Waals surface area contributed by atoms with Gasteiger partial charge in [-0.1, -0.05) is 30.3 Å². The number of rotatable bonds is 11. The molecule has 1 unspecified atom stereocenters. The van der Waals surface area contributed by atoms with E-state index in [2.05, 4.69) is 20.6 Å². The van der Waals surface area contributed by atoms with Gasteiger partial charge in [0.1, 0.15) is 23.4 Å². The molecule has 1 aliphatic rings. The standard InChI is InChI=1S/C28H36N6O7/c1-28(2,3)41-27(40)21-10-7-13-34(21)26(39)23(36)18(14-17-8-5-4-6-9-17)32-24(37)19(15-22(29)35)33-25(38)20-16-30-11-12-31-20/h4-6,8-9,11-12,16,18-19,21,23,36H,7,10,13-15H2,1-3H3,(H2,29,35)(H,32,37)(H,33,38)/t18-,19-,21-,23?/m0/s1. The van der Waals surface area contributed by atoms with Crippen LogP contribution in [0.1, 0.15) is 56.1 Å². The molecule has 1 aromatic carbocycles. The second kappa shape index (κ2) is 13.8. The van der Waals surface area contributed by atoms with Crippen molar-refractivity contribution in [1.29, 1.82) is 0 Å². The number of nitrogens with two attached hydrogens (primary N) is 1. The van der Waals surface area contributed by atoms with Crippen molar-refractivity contribution in [1.82, 2.24) is 25.5 Å². The summed E-state index contributed by atoms with van der Waals surface area (Å²) in [6, 6.07) is 5.35. The fraction of sp³-hybridized carbons (Fsp3) is 0.464. The Morgan fingerprint density at radius 1 is 1.12 bits per heavy atom. The molecule has 5 N–H and O–H groups in total. The molecule has 13 nitrogen and oxygen atoms in total. The Labute approximate surface area is 237 Å². The van der Waals surface area contributed by atoms with Gasteiger partial charge in [0.05, 0.1) is 18.7 Å². The summed E-state index contributed by atoms with van der Waals surface area (Å²) in [5.41, 5.74) is 5.17. The Morgan fingerprint density at radius 3 is 2.44 bits per heavy atom. The number of nitrogens with one attached hydrogen (secondary N) is 2. The minimum absolute atomic E-state index is 0.0336. The molecule has 2 heterocycles. The van der Waals surface area contributed by atoms with Crippen molar-refractivity contribution in [2.24, 2.45) is 5.73 Å². The number of ether oxygens (including phenoxy) is 1. The summed E-state index contributed by atoms with van der Waals surface area (Å²) < 4.78 is 5.47. The predicted molar refractivity (Wildman–Crippen MR) is 146 cm³/mol. The molecule has 1 aromatic heterocycles. The van der Waals surface area contributed by atoms with Crippen molar-refractivity contribution < 1.29 is 33.8 Å². The van der Waals surface area contributed by atoms with Crippen LogP contribution in [0.2, 0.25) is 0 Å². The summed E-state index contributed by atoms with van der Waals surface area (Å²) in [6.07, 6.45) is 2.48. The number of carbonyl (C=O) groups is 5. The Hall–Kier alpha value is -4.39. The van der Waals surface area contributed by atoms with Crippen LogP contribution in [0.5, 0.6) is 0 Å². The molecule has 4 amide bonds. The van der Waals surface area contributed by atoms with Crippen LogP contribution < -0.4 is 16.4 Å². The summed E-state index contributed by atoms with van der Waals surface area (Å²) in [5, 5.41) is 16.3. The molecule has 220 valence electrons. The molecule has 4 atom stereocenters. The van der Waals surface area contributed by atoms with Gasteiger partial charge in [-0.2, -0.15) is 0 Å². The quantitative estimate of drug-likeness (QED) is 0.267. The molecule has 0 bridgehead atoms. The van der Waals surface area contributed by atoms with Gasteiger partial charge >= 0.3 is 5.97 Å². The zero-order valence-corrected chi connectivity index (χ0v) is 23.3. The van der Waals surface area contributed by atoms with E-state index in [9.17, 15) is 29.1 Å². The normalized spacial score (nSPS) is 17.2. The third kappa shape index (κ3) is 9.07. The molecule has 3 rings (SSSR count). The molecule has 0 spiro atoms. The lowest BCUT2D eigenvalue weighted by Crippen LogP contribution is -2.58. The number of esters is 1. The van der Waals surface area contributed by atoms with Crippen molar-refractivity contribution >= 4 is 29.6 Å². The molecule has 13 heteroatoms. The SMILES string of the molecule is CC(C)(C)OC(=O)[C@@H]1CCCN1C(=O)C(O)[C@H](Cc1ccccc1)NC(=O)[C@H](CC(N)=O)NC(=O)c1cnccn1. The second-order valence-corrected chi connectivity index (χ2v) is 10.8. The number of hydrogen-bond acceptors (Lipinski definition) is 9. The second-order valence-electron chi connectivity index (χ2n) is 10.8. The third-order valence-electron chi connectivity index (χ3n) is 6.30. The summed E-state index contributed by atoms with van der Waals surface area (Å²) in [7, 11) is 0. The van der Waals surface area contributed by atoms with Crippen LogP contribution in [-0.4, -0.2) is 85.9 Å². The van der Waals surface area contributed by atoms with Crippen LogP contribution in [0.4, 0.5) is 0 Å². The fourth-order valence-electron chi connectivity index (χ4n) is 4.44. The highest BCUT2D eigenvalue weighted by Crippen LogP contribution is 2.23. The summed E-state index contributed by atoms with van der Waals surface area (Å²) in [6.45, 7) is 5.39. The van der Waals surface area contributed by atoms with Gasteiger partial charge in [0.2, 0.25) is 11.8 Å². The van der Waals surface area contributed by atoms with E-state index >= 15 is 0 Å². The van der Waals surface area contributed by atoms with Gasteiger partial charge in [-0.25, -0.2) is 9.78 Å². The van der Waals surface area contributed by atoms with Gasteiger partial charge in [0.15, 0.2) is 6.10 Å². The van der Waals surface area contributed by atoms with Crippen LogP contribution in [-0.2, 0) is 30.3 Å². The maximum atomic E-state index is 13.5. The van der Waals surface area contributed by atoms with Gasteiger partial charge in [-0.3, -0.25) is 24.2 Å². The number of hydrogen-bond donors (Lipinski definition) is 4. The summed E-state index contributed by atoms with van der Waals surface area (Å²) in [5.74, 6) is -3.81. The first-order valence-corrected chi connectivity index (χ1v) is 13.3. The molecule has 0 saturated carbocycles. The van der Waals surface area contributed by atoms with Crippen molar-refractivity contribution in [2.75, 3.05) is 6.54 Å². The number of nitrogens with zero attached hydrogens (tertiary/aromatic N) is 3. The fourth-order valence-corrected chi connectivity index (χ4v) is 4.44. The molecule has 41 heavy (non-hydrogen) atoms. The zero-order valence-electron chi connectivity index (χ0n) is 23.3. The zero-order chi connectivity index (χ0) is 30.2. The van der Waals surface area contributed by atoms with Crippen LogP contribution in [0.25, 0.3) is 0 Å². The minimum Gasteiger partial charge on any atom is -0.458 e. The Kier molecular flexibility index (Phi) is 10.5. The van der Waals surface area contributed by atoms with E-state index < -0.39 is 65.8 Å². The lowest BCUT2D eigenvalue weighted by molar-refractivity contribution is -0.165. The van der Waals surface area contributed by atoms with Crippen LogP contribution in [0.15, 0.2) is 48.9 Å². The Bertz CT molecular complexity index is 1240. The molecule has 1 fully saturated rings. The predicted octanol–water partition coefficient (Wildman–Crippen LogP) is -0.128. The smallest absolute Gasteiger partial charge is 0.329 e. The number of aliphatic hydroxyl groups is 1. The van der Waals surface area contributed by atoms with Crippen molar-refractivity contribution in [3.8, 4) is 0 Å². The van der Waals surface area contributed by atoms with Crippen molar-refractivity contribution in [3.63, 3.8) is 0 Å². The molecular weight excluding hydrogens is 532 g/mol. The molecule has 0 radical (unpaired) electrons. The first-order valence-electron chi connectivity index (χ1n) is 13.3. The van der Waals surface area contributed by atoms with Crippen LogP contribution in [0, 0.1) is 0 Å². The highest BCUT2D eigenvalue weighted by Gasteiger charge is 2.41. The van der Waals surface area contributed by atoms with E-state index in [1.165, 1.54) is 23.5 Å². The van der Waals surface area contributed by atoms with E-state index in [4.69, 9.17) is 10.5 Å². The van der Waals surface area contributed by atoms with Crippen molar-refractivity contribution in [2.45, 2.75) is 76.3 Å². The topological polar surface area (TPSA) is 194 Å². The van der Waals surface area contributed by atoms with E-state index in [1.54, 1.807) is 51.1 Å². The number of benzene rings is 1. The number of primary amides is 1. The van der Waals surface area contributed by atoms with Gasteiger partial charge < -0.3 is 31.1 Å². The average Bonchev–Trinajstić information content (AvgIpc) is 3.42. The number of carbonyl (C=O) groups excluding carboxylic acids is 5. The maximum Gasteiger partial charge on any atom is 0.329 e. The monoisotopic (exact) mass is 568 g/mol. The lowest BCUT2D eigenvalue weighted by atomic mass is 9.99. The molecule has 2 aromatic rings. The van der Waals surface area contributed by atoms with Crippen LogP contribution >= 0.6 is 0 Å². The van der Waals surface area contributed by atoms with Gasteiger partial charge in [-0.15, -0.1) is 0 Å². The first-order chi connectivity index (χ1) is 19.4. The largest absolute Gasteiger partial charge is 0.458 e. The molecule has 1 saturated heterocycles. The summed E-state index contributed by atoms with van der Waals surface area (Å²) in [4.78, 5) is 73.0. The number of aliphatic hydroxyl groups excluding tert-OH is 1. The molecule has 1 aliphatic heterocycles. The van der Waals surface area contributed by atoms with Gasteiger partial charge in [0.25, 0.3) is 11.8 Å². The average molecular weight is 569 g/mol. The number of amides is 4. The first kappa shape index (κ1) is 31.1. The van der Waals surface area contributed by atoms with E-state index in [0.717, 1.165) is 0 Å². The molecular formula is C28H36N6O7. The number of aromatic nitrogens is 2. The summed E-state index contributed by atoms with van der Waals surface area (Å²) >= 11 is 0. The highest BCUT2D eigenvalue weighted by atomic mass is 16.6. The van der Waals surface area contributed by atoms with Gasteiger partial charge in [0, 0.05) is 18.9 Å². The van der Waals surface area contributed by atoms with Crippen LogP contribution in [0.3, 0.4) is 0 Å².